The van der Waals surface area contributed by atoms with Crippen molar-refractivity contribution in [3.8, 4) is 5.75 Å². The molecule has 0 unspecified atom stereocenters. The summed E-state index contributed by atoms with van der Waals surface area (Å²) in [6.07, 6.45) is 1.37. The third kappa shape index (κ3) is 4.27. The molecule has 0 aromatic heterocycles. The molecule has 0 aliphatic heterocycles. The fourth-order valence-corrected chi connectivity index (χ4v) is 2.61. The Morgan fingerprint density at radius 2 is 1.77 bits per heavy atom. The summed E-state index contributed by atoms with van der Waals surface area (Å²) in [5, 5.41) is 3.79. The molecule has 0 radical (unpaired) electrons. The molecule has 2 aromatic rings. The zero-order valence-corrected chi connectivity index (χ0v) is 13.0. The molecule has 2 aromatic carbocycles. The molecule has 0 fully saturated rings. The lowest BCUT2D eigenvalue weighted by molar-refractivity contribution is 0.485. The van der Waals surface area contributed by atoms with Gasteiger partial charge in [-0.15, -0.1) is 0 Å². The van der Waals surface area contributed by atoms with E-state index < -0.39 is 10.1 Å². The maximum Gasteiger partial charge on any atom is 0.339 e. The highest BCUT2D eigenvalue weighted by molar-refractivity contribution is 7.87. The topological polar surface area (TPSA) is 93.8 Å². The summed E-state index contributed by atoms with van der Waals surface area (Å²) in [6.45, 7) is 0. The molecule has 0 saturated carbocycles. The lowest BCUT2D eigenvalue weighted by atomic mass is 10.2. The van der Waals surface area contributed by atoms with Crippen molar-refractivity contribution in [2.24, 2.45) is 10.8 Å². The first kappa shape index (κ1) is 15.9. The summed E-state index contributed by atoms with van der Waals surface area (Å²) in [5.74, 6) is 0.153. The Hall–Kier alpha value is -2.45. The molecular formula is C14H13N3O3S2. The Kier molecular flexibility index (Phi) is 5.08. The number of hydrogen-bond acceptors (Lipinski definition) is 5. The zero-order chi connectivity index (χ0) is 16.0. The number of benzene rings is 2. The highest BCUT2D eigenvalue weighted by atomic mass is 32.2. The summed E-state index contributed by atoms with van der Waals surface area (Å²) in [6, 6.07) is 14.5. The van der Waals surface area contributed by atoms with Gasteiger partial charge in [-0.2, -0.15) is 13.5 Å². The molecule has 22 heavy (non-hydrogen) atoms. The Bertz CT molecular complexity index is 790. The molecule has 0 atom stereocenters. The molecule has 3 N–H and O–H groups in total. The highest BCUT2D eigenvalue weighted by Gasteiger charge is 2.17. The molecule has 0 aliphatic rings. The summed E-state index contributed by atoms with van der Waals surface area (Å²) >= 11 is 4.62. The Morgan fingerprint density at radius 1 is 1.14 bits per heavy atom. The van der Waals surface area contributed by atoms with Gasteiger partial charge in [0.05, 0.1) is 6.21 Å². The minimum absolute atomic E-state index is 0.00607. The van der Waals surface area contributed by atoms with Gasteiger partial charge in [0, 0.05) is 5.56 Å². The molecule has 0 saturated heterocycles. The first-order chi connectivity index (χ1) is 10.5. The number of nitrogens with zero attached hydrogens (tertiary/aromatic N) is 1. The number of hydrazone groups is 1. The summed E-state index contributed by atoms with van der Waals surface area (Å²) in [7, 11) is -3.91. The van der Waals surface area contributed by atoms with Crippen LogP contribution >= 0.6 is 12.2 Å². The zero-order valence-electron chi connectivity index (χ0n) is 11.3. The molecule has 8 heteroatoms. The van der Waals surface area contributed by atoms with Crippen molar-refractivity contribution < 1.29 is 12.6 Å². The van der Waals surface area contributed by atoms with Crippen LogP contribution in [0.3, 0.4) is 0 Å². The van der Waals surface area contributed by atoms with E-state index in [1.165, 1.54) is 24.4 Å². The molecule has 0 bridgehead atoms. The van der Waals surface area contributed by atoms with E-state index in [4.69, 9.17) is 9.92 Å². The summed E-state index contributed by atoms with van der Waals surface area (Å²) in [4.78, 5) is 0.0722. The first-order valence-corrected chi connectivity index (χ1v) is 7.98. The molecule has 114 valence electrons. The van der Waals surface area contributed by atoms with Gasteiger partial charge < -0.3 is 9.92 Å². The van der Waals surface area contributed by atoms with Gasteiger partial charge in [0.15, 0.2) is 10.9 Å². The molecular weight excluding hydrogens is 322 g/mol. The molecule has 0 amide bonds. The van der Waals surface area contributed by atoms with E-state index in [-0.39, 0.29) is 15.8 Å². The van der Waals surface area contributed by atoms with Crippen LogP contribution in [0.25, 0.3) is 0 Å². The third-order valence-corrected chi connectivity index (χ3v) is 3.87. The van der Waals surface area contributed by atoms with Gasteiger partial charge in [0.2, 0.25) is 0 Å². The first-order valence-electron chi connectivity index (χ1n) is 6.16. The van der Waals surface area contributed by atoms with Crippen molar-refractivity contribution in [1.29, 1.82) is 0 Å². The molecule has 0 aliphatic carbocycles. The maximum absolute atomic E-state index is 12.2. The predicted molar refractivity (Wildman–Crippen MR) is 88.2 cm³/mol. The van der Waals surface area contributed by atoms with Crippen molar-refractivity contribution in [3.05, 3.63) is 60.2 Å². The summed E-state index contributed by atoms with van der Waals surface area (Å²) in [5.41, 5.74) is 8.10. The minimum Gasteiger partial charge on any atom is -0.378 e. The SMILES string of the molecule is NC(=S)NN=Cc1ccccc1OS(=O)(=O)c1ccccc1. The van der Waals surface area contributed by atoms with Crippen molar-refractivity contribution in [3.63, 3.8) is 0 Å². The van der Waals surface area contributed by atoms with Gasteiger partial charge in [-0.3, -0.25) is 5.43 Å². The lowest BCUT2D eigenvalue weighted by Gasteiger charge is -2.09. The van der Waals surface area contributed by atoms with Crippen molar-refractivity contribution in [2.45, 2.75) is 4.90 Å². The van der Waals surface area contributed by atoms with Crippen LogP contribution < -0.4 is 15.3 Å². The van der Waals surface area contributed by atoms with Gasteiger partial charge in [-0.25, -0.2) is 0 Å². The van der Waals surface area contributed by atoms with Crippen LogP contribution in [-0.2, 0) is 10.1 Å². The normalized spacial score (nSPS) is 11.3. The van der Waals surface area contributed by atoms with E-state index in [2.05, 4.69) is 22.7 Å². The standard InChI is InChI=1S/C14H13N3O3S2/c15-14(21)17-16-10-11-6-4-5-9-13(11)20-22(18,19)12-7-2-1-3-8-12/h1-10H,(H3,15,17,21). The van der Waals surface area contributed by atoms with Crippen molar-refractivity contribution in [1.82, 2.24) is 5.43 Å². The van der Waals surface area contributed by atoms with Crippen LogP contribution in [0, 0.1) is 0 Å². The fraction of sp³-hybridized carbons (Fsp3) is 0. The molecule has 0 heterocycles. The van der Waals surface area contributed by atoms with Crippen molar-refractivity contribution in [2.75, 3.05) is 0 Å². The average Bonchev–Trinajstić information content (AvgIpc) is 2.49. The molecule has 2 rings (SSSR count). The Labute approximate surface area is 133 Å². The van der Waals surface area contributed by atoms with Gasteiger partial charge in [-0.05, 0) is 36.5 Å². The second-order valence-corrected chi connectivity index (χ2v) is 6.11. The second kappa shape index (κ2) is 7.01. The highest BCUT2D eigenvalue weighted by Crippen LogP contribution is 2.21. The van der Waals surface area contributed by atoms with E-state index in [0.717, 1.165) is 0 Å². The average molecular weight is 335 g/mol. The minimum atomic E-state index is -3.91. The van der Waals surface area contributed by atoms with Crippen LogP contribution in [-0.4, -0.2) is 19.7 Å². The number of thiocarbonyl (C=S) groups is 1. The third-order valence-electron chi connectivity index (χ3n) is 2.53. The number of nitrogens with two attached hydrogens (primary N) is 1. The quantitative estimate of drug-likeness (QED) is 0.373. The van der Waals surface area contributed by atoms with Crippen LogP contribution in [0.2, 0.25) is 0 Å². The van der Waals surface area contributed by atoms with Crippen LogP contribution in [0.5, 0.6) is 5.75 Å². The maximum atomic E-state index is 12.2. The number of nitrogens with one attached hydrogen (secondary N) is 1. The van der Waals surface area contributed by atoms with Crippen LogP contribution in [0.15, 0.2) is 64.6 Å². The predicted octanol–water partition coefficient (Wildman–Crippen LogP) is 1.62. The van der Waals surface area contributed by atoms with E-state index in [1.54, 1.807) is 36.4 Å². The van der Waals surface area contributed by atoms with E-state index in [1.807, 2.05) is 0 Å². The Balaban J connectivity index is 2.27. The molecule has 6 nitrogen and oxygen atoms in total. The smallest absolute Gasteiger partial charge is 0.339 e. The van der Waals surface area contributed by atoms with Gasteiger partial charge >= 0.3 is 10.1 Å². The van der Waals surface area contributed by atoms with E-state index >= 15 is 0 Å². The van der Waals surface area contributed by atoms with E-state index in [0.29, 0.717) is 5.56 Å². The van der Waals surface area contributed by atoms with Crippen molar-refractivity contribution >= 4 is 33.7 Å². The monoisotopic (exact) mass is 335 g/mol. The number of rotatable bonds is 5. The number of para-hydroxylation sites is 1. The largest absolute Gasteiger partial charge is 0.378 e. The van der Waals surface area contributed by atoms with Gasteiger partial charge in [0.25, 0.3) is 0 Å². The van der Waals surface area contributed by atoms with E-state index in [9.17, 15) is 8.42 Å². The van der Waals surface area contributed by atoms with Gasteiger partial charge in [-0.1, -0.05) is 30.3 Å². The molecule has 0 spiro atoms. The van der Waals surface area contributed by atoms with Crippen LogP contribution in [0.4, 0.5) is 0 Å². The number of hydrogen-bond donors (Lipinski definition) is 2. The lowest BCUT2D eigenvalue weighted by Crippen LogP contribution is -2.24. The van der Waals surface area contributed by atoms with Gasteiger partial charge in [0.1, 0.15) is 4.90 Å². The second-order valence-electron chi connectivity index (χ2n) is 4.12. The fourth-order valence-electron chi connectivity index (χ4n) is 1.58. The Morgan fingerprint density at radius 3 is 2.45 bits per heavy atom. The summed E-state index contributed by atoms with van der Waals surface area (Å²) < 4.78 is 29.6. The van der Waals surface area contributed by atoms with Crippen LogP contribution in [0.1, 0.15) is 5.56 Å².